The number of benzene rings is 1. The van der Waals surface area contributed by atoms with Crippen molar-refractivity contribution in [1.82, 2.24) is 5.32 Å². The highest BCUT2D eigenvalue weighted by Gasteiger charge is 1.82. The molecular weight excluding hydrogens is 160 g/mol. The lowest BCUT2D eigenvalue weighted by Crippen LogP contribution is -2.04. The number of aryl methyl sites for hydroxylation is 2. The van der Waals surface area contributed by atoms with Crippen LogP contribution >= 0.6 is 0 Å². The predicted octanol–water partition coefficient (Wildman–Crippen LogP) is 1.92. The minimum atomic E-state index is 0.958. The van der Waals surface area contributed by atoms with E-state index < -0.39 is 0 Å². The fourth-order valence-electron chi connectivity index (χ4n) is 1.13. The molecule has 0 aromatic heterocycles. The molecule has 0 unspecified atom stereocenters. The molecule has 1 aliphatic heterocycles. The lowest BCUT2D eigenvalue weighted by molar-refractivity contribution is 0.965. The van der Waals surface area contributed by atoms with Crippen molar-refractivity contribution in [1.29, 1.82) is 0 Å². The summed E-state index contributed by atoms with van der Waals surface area (Å²) in [6.07, 6.45) is 1.74. The topological polar surface area (TPSA) is 24.4 Å². The zero-order valence-corrected chi connectivity index (χ0v) is 8.25. The second kappa shape index (κ2) is 5.36. The Bertz CT molecular complexity index is 256. The van der Waals surface area contributed by atoms with Gasteiger partial charge in [-0.05, 0) is 13.8 Å². The van der Waals surface area contributed by atoms with Gasteiger partial charge in [0.05, 0.1) is 12.9 Å². The molecule has 0 aliphatic carbocycles. The zero-order chi connectivity index (χ0) is 9.52. The molecule has 13 heavy (non-hydrogen) atoms. The molecule has 2 rings (SSSR count). The normalized spacial score (nSPS) is 13.1. The molecular formula is C11H16N2. The minimum Gasteiger partial charge on any atom is -0.375 e. The number of hydrogen-bond donors (Lipinski definition) is 1. The highest BCUT2D eigenvalue weighted by atomic mass is 15.0. The highest BCUT2D eigenvalue weighted by molar-refractivity contribution is 5.56. The van der Waals surface area contributed by atoms with Gasteiger partial charge in [-0.1, -0.05) is 35.4 Å². The number of nitrogens with one attached hydrogen (secondary N) is 1. The number of aliphatic imine (C=N–C) groups is 1. The summed E-state index contributed by atoms with van der Waals surface area (Å²) in [5.41, 5.74) is 2.68. The Labute approximate surface area is 79.7 Å². The van der Waals surface area contributed by atoms with Crippen molar-refractivity contribution in [3.8, 4) is 0 Å². The fraction of sp³-hybridized carbons (Fsp3) is 0.364. The molecule has 1 aliphatic rings. The SMILES string of the molecule is C1=NCCN1.Cc1cccc(C)c1. The van der Waals surface area contributed by atoms with E-state index in [9.17, 15) is 0 Å². The highest BCUT2D eigenvalue weighted by Crippen LogP contribution is 2.00. The molecule has 0 amide bonds. The van der Waals surface area contributed by atoms with Crippen molar-refractivity contribution in [2.24, 2.45) is 4.99 Å². The van der Waals surface area contributed by atoms with E-state index in [1.165, 1.54) is 11.1 Å². The second-order valence-corrected chi connectivity index (χ2v) is 3.15. The maximum Gasteiger partial charge on any atom is 0.0825 e. The van der Waals surface area contributed by atoms with Gasteiger partial charge in [0.2, 0.25) is 0 Å². The van der Waals surface area contributed by atoms with Crippen molar-refractivity contribution < 1.29 is 0 Å². The predicted molar refractivity (Wildman–Crippen MR) is 57.3 cm³/mol. The lowest BCUT2D eigenvalue weighted by Gasteiger charge is -1.90. The summed E-state index contributed by atoms with van der Waals surface area (Å²) in [4.78, 5) is 3.85. The van der Waals surface area contributed by atoms with Crippen LogP contribution in [0.2, 0.25) is 0 Å². The van der Waals surface area contributed by atoms with Crippen molar-refractivity contribution in [2.45, 2.75) is 13.8 Å². The molecule has 1 aromatic carbocycles. The van der Waals surface area contributed by atoms with Gasteiger partial charge in [-0.25, -0.2) is 0 Å². The monoisotopic (exact) mass is 176 g/mol. The van der Waals surface area contributed by atoms with E-state index in [-0.39, 0.29) is 0 Å². The third-order valence-electron chi connectivity index (χ3n) is 1.74. The minimum absolute atomic E-state index is 0.958. The average molecular weight is 176 g/mol. The molecule has 1 heterocycles. The van der Waals surface area contributed by atoms with Crippen LogP contribution in [0, 0.1) is 13.8 Å². The van der Waals surface area contributed by atoms with E-state index in [2.05, 4.69) is 48.4 Å². The van der Waals surface area contributed by atoms with Gasteiger partial charge < -0.3 is 5.32 Å². The van der Waals surface area contributed by atoms with E-state index in [1.807, 2.05) is 0 Å². The van der Waals surface area contributed by atoms with E-state index in [4.69, 9.17) is 0 Å². The molecule has 2 heteroatoms. The maximum atomic E-state index is 3.85. The van der Waals surface area contributed by atoms with Crippen LogP contribution in [0.4, 0.5) is 0 Å². The van der Waals surface area contributed by atoms with Crippen LogP contribution in [0.5, 0.6) is 0 Å². The second-order valence-electron chi connectivity index (χ2n) is 3.15. The summed E-state index contributed by atoms with van der Waals surface area (Å²) in [6, 6.07) is 8.45. The first-order valence-electron chi connectivity index (χ1n) is 4.54. The van der Waals surface area contributed by atoms with Crippen LogP contribution in [0.1, 0.15) is 11.1 Å². The smallest absolute Gasteiger partial charge is 0.0825 e. The van der Waals surface area contributed by atoms with Gasteiger partial charge in [0, 0.05) is 6.54 Å². The summed E-state index contributed by atoms with van der Waals surface area (Å²) in [6.45, 7) is 6.19. The third-order valence-corrected chi connectivity index (χ3v) is 1.74. The quantitative estimate of drug-likeness (QED) is 0.641. The maximum absolute atomic E-state index is 3.85. The van der Waals surface area contributed by atoms with Crippen LogP contribution in [0.25, 0.3) is 0 Å². The molecule has 70 valence electrons. The Hall–Kier alpha value is -1.31. The molecule has 0 saturated heterocycles. The Balaban J connectivity index is 0.000000145. The first-order valence-corrected chi connectivity index (χ1v) is 4.54. The van der Waals surface area contributed by atoms with E-state index in [1.54, 1.807) is 6.34 Å². The summed E-state index contributed by atoms with van der Waals surface area (Å²) in [5.74, 6) is 0. The van der Waals surface area contributed by atoms with Crippen molar-refractivity contribution in [3.05, 3.63) is 35.4 Å². The van der Waals surface area contributed by atoms with Crippen molar-refractivity contribution in [2.75, 3.05) is 13.1 Å². The molecule has 0 fully saturated rings. The van der Waals surface area contributed by atoms with Gasteiger partial charge in [0.25, 0.3) is 0 Å². The first kappa shape index (κ1) is 9.78. The van der Waals surface area contributed by atoms with Crippen LogP contribution in [-0.2, 0) is 0 Å². The van der Waals surface area contributed by atoms with Gasteiger partial charge in [-0.15, -0.1) is 0 Å². The summed E-state index contributed by atoms with van der Waals surface area (Å²) < 4.78 is 0. The summed E-state index contributed by atoms with van der Waals surface area (Å²) in [7, 11) is 0. The fourth-order valence-corrected chi connectivity index (χ4v) is 1.13. The third kappa shape index (κ3) is 4.31. The molecule has 0 saturated carbocycles. The Morgan fingerprint density at radius 2 is 1.92 bits per heavy atom. The molecule has 0 bridgehead atoms. The standard InChI is InChI=1S/C8H10.C3H6N2/c1-7-4-3-5-8(2)6-7;1-2-5-3-4-1/h3-6H,1-2H3;3H,1-2H2,(H,4,5). The number of rotatable bonds is 0. The number of hydrogen-bond acceptors (Lipinski definition) is 2. The van der Waals surface area contributed by atoms with Crippen LogP contribution < -0.4 is 5.32 Å². The Morgan fingerprint density at radius 1 is 1.23 bits per heavy atom. The van der Waals surface area contributed by atoms with E-state index >= 15 is 0 Å². The van der Waals surface area contributed by atoms with Gasteiger partial charge in [-0.3, -0.25) is 4.99 Å². The van der Waals surface area contributed by atoms with Crippen LogP contribution in [0.15, 0.2) is 29.3 Å². The lowest BCUT2D eigenvalue weighted by atomic mass is 10.2. The molecule has 0 atom stereocenters. The van der Waals surface area contributed by atoms with Gasteiger partial charge in [-0.2, -0.15) is 0 Å². The van der Waals surface area contributed by atoms with Crippen molar-refractivity contribution >= 4 is 6.34 Å². The molecule has 0 radical (unpaired) electrons. The average Bonchev–Trinajstić information content (AvgIpc) is 2.59. The zero-order valence-electron chi connectivity index (χ0n) is 8.25. The summed E-state index contributed by atoms with van der Waals surface area (Å²) in [5, 5.41) is 2.93. The van der Waals surface area contributed by atoms with Gasteiger partial charge >= 0.3 is 0 Å². The van der Waals surface area contributed by atoms with Crippen molar-refractivity contribution in [3.63, 3.8) is 0 Å². The van der Waals surface area contributed by atoms with Gasteiger partial charge in [0.1, 0.15) is 0 Å². The molecule has 2 nitrogen and oxygen atoms in total. The number of nitrogens with zero attached hydrogens (tertiary/aromatic N) is 1. The van der Waals surface area contributed by atoms with Crippen LogP contribution in [0.3, 0.4) is 0 Å². The largest absolute Gasteiger partial charge is 0.375 e. The Kier molecular flexibility index (Phi) is 4.03. The molecule has 1 aromatic rings. The van der Waals surface area contributed by atoms with E-state index in [0.29, 0.717) is 0 Å². The van der Waals surface area contributed by atoms with E-state index in [0.717, 1.165) is 13.1 Å². The van der Waals surface area contributed by atoms with Crippen LogP contribution in [-0.4, -0.2) is 19.4 Å². The Morgan fingerprint density at radius 3 is 2.15 bits per heavy atom. The first-order chi connectivity index (χ1) is 6.29. The summed E-state index contributed by atoms with van der Waals surface area (Å²) >= 11 is 0. The van der Waals surface area contributed by atoms with Gasteiger partial charge in [0.15, 0.2) is 0 Å². The molecule has 1 N–H and O–H groups in total. The molecule has 0 spiro atoms.